The summed E-state index contributed by atoms with van der Waals surface area (Å²) in [5.41, 5.74) is 2.49. The van der Waals surface area contributed by atoms with Gasteiger partial charge in [-0.05, 0) is 36.2 Å². The molecule has 2 aliphatic heterocycles. The Hall–Kier alpha value is -4.55. The quantitative estimate of drug-likeness (QED) is 0.366. The van der Waals surface area contributed by atoms with E-state index < -0.39 is 11.7 Å². The minimum absolute atomic E-state index is 0.0352. The van der Waals surface area contributed by atoms with Crippen molar-refractivity contribution < 1.29 is 27.5 Å². The van der Waals surface area contributed by atoms with Gasteiger partial charge in [-0.3, -0.25) is 9.59 Å². The summed E-state index contributed by atoms with van der Waals surface area (Å²) < 4.78 is 47.3. The number of aromatic nitrogens is 2. The molecule has 0 atom stereocenters. The Morgan fingerprint density at radius 2 is 1.93 bits per heavy atom. The number of piperazine rings is 1. The van der Waals surface area contributed by atoms with E-state index in [1.807, 2.05) is 19.1 Å². The van der Waals surface area contributed by atoms with Gasteiger partial charge in [0.05, 0.1) is 18.7 Å². The molecule has 0 radical (unpaired) electrons. The van der Waals surface area contributed by atoms with Crippen LogP contribution in [0.2, 0.25) is 0 Å². The zero-order chi connectivity index (χ0) is 29.1. The summed E-state index contributed by atoms with van der Waals surface area (Å²) in [5, 5.41) is 8.53. The number of hydrogen-bond donors (Lipinski definition) is 3. The summed E-state index contributed by atoms with van der Waals surface area (Å²) in [6, 6.07) is 10.7. The van der Waals surface area contributed by atoms with Gasteiger partial charge in [-0.1, -0.05) is 12.1 Å². The van der Waals surface area contributed by atoms with E-state index in [9.17, 15) is 22.8 Å². The molecule has 1 fully saturated rings. The maximum Gasteiger partial charge on any atom is 0.421 e. The molecule has 216 valence electrons. The maximum absolute atomic E-state index is 13.8. The SMILES string of the molecule is CCOc1cc(N2CCN(C(C)=O)CC2)ccc1Nc1ncc(C(F)(F)F)c(NCc2cccc3c2CC(=O)N3)n1. The molecule has 2 aliphatic rings. The highest BCUT2D eigenvalue weighted by Gasteiger charge is 2.35. The van der Waals surface area contributed by atoms with E-state index in [1.165, 1.54) is 0 Å². The molecule has 5 rings (SSSR count). The number of fused-ring (bicyclic) bond motifs is 1. The minimum atomic E-state index is -4.68. The molecule has 0 bridgehead atoms. The first-order valence-corrected chi connectivity index (χ1v) is 13.3. The zero-order valence-corrected chi connectivity index (χ0v) is 22.6. The van der Waals surface area contributed by atoms with Crippen LogP contribution in [-0.4, -0.2) is 59.5 Å². The van der Waals surface area contributed by atoms with Crippen LogP contribution < -0.4 is 25.6 Å². The average Bonchev–Trinajstić information content (AvgIpc) is 3.33. The lowest BCUT2D eigenvalue weighted by Gasteiger charge is -2.35. The molecule has 0 aliphatic carbocycles. The fraction of sp³-hybridized carbons (Fsp3) is 0.357. The molecule has 10 nitrogen and oxygen atoms in total. The molecule has 3 aromatic rings. The number of ether oxygens (including phenoxy) is 1. The Morgan fingerprint density at radius 1 is 1.15 bits per heavy atom. The highest BCUT2D eigenvalue weighted by atomic mass is 19.4. The summed E-state index contributed by atoms with van der Waals surface area (Å²) in [5.74, 6) is -0.0491. The summed E-state index contributed by atoms with van der Waals surface area (Å²) in [4.78, 5) is 35.5. The van der Waals surface area contributed by atoms with Gasteiger partial charge in [-0.2, -0.15) is 18.2 Å². The van der Waals surface area contributed by atoms with Crippen LogP contribution in [0.4, 0.5) is 42.0 Å². The molecule has 41 heavy (non-hydrogen) atoms. The van der Waals surface area contributed by atoms with Crippen LogP contribution in [0.15, 0.2) is 42.6 Å². The van der Waals surface area contributed by atoms with Gasteiger partial charge in [-0.25, -0.2) is 4.98 Å². The lowest BCUT2D eigenvalue weighted by atomic mass is 10.0. The number of carbonyl (C=O) groups excluding carboxylic acids is 2. The van der Waals surface area contributed by atoms with Crippen LogP contribution in [-0.2, 0) is 28.7 Å². The molecule has 2 aromatic carbocycles. The molecule has 2 amide bonds. The lowest BCUT2D eigenvalue weighted by molar-refractivity contribution is -0.137. The van der Waals surface area contributed by atoms with Gasteiger partial charge in [-0.15, -0.1) is 0 Å². The zero-order valence-electron chi connectivity index (χ0n) is 22.6. The first-order chi connectivity index (χ1) is 19.6. The largest absolute Gasteiger partial charge is 0.492 e. The van der Waals surface area contributed by atoms with Crippen molar-refractivity contribution in [2.24, 2.45) is 0 Å². The topological polar surface area (TPSA) is 112 Å². The van der Waals surface area contributed by atoms with E-state index in [0.29, 0.717) is 55.5 Å². The molecule has 3 N–H and O–H groups in total. The van der Waals surface area contributed by atoms with Gasteiger partial charge in [0.15, 0.2) is 0 Å². The van der Waals surface area contributed by atoms with Gasteiger partial charge in [0, 0.05) is 63.3 Å². The molecule has 13 heteroatoms. The number of alkyl halides is 3. The van der Waals surface area contributed by atoms with Crippen molar-refractivity contribution in [3.8, 4) is 5.75 Å². The number of hydrogen-bond acceptors (Lipinski definition) is 8. The van der Waals surface area contributed by atoms with Gasteiger partial charge in [0.1, 0.15) is 17.1 Å². The number of nitrogens with zero attached hydrogens (tertiary/aromatic N) is 4. The van der Waals surface area contributed by atoms with Crippen LogP contribution in [0.5, 0.6) is 5.75 Å². The first-order valence-electron chi connectivity index (χ1n) is 13.3. The monoisotopic (exact) mass is 569 g/mol. The molecular weight excluding hydrogens is 539 g/mol. The Bertz CT molecular complexity index is 1460. The fourth-order valence-electron chi connectivity index (χ4n) is 4.93. The smallest absolute Gasteiger partial charge is 0.421 e. The van der Waals surface area contributed by atoms with Crippen molar-refractivity contribution in [1.29, 1.82) is 0 Å². The number of rotatable bonds is 8. The van der Waals surface area contributed by atoms with Crippen molar-refractivity contribution in [1.82, 2.24) is 14.9 Å². The van der Waals surface area contributed by atoms with E-state index in [1.54, 1.807) is 36.1 Å². The van der Waals surface area contributed by atoms with E-state index in [2.05, 4.69) is 30.8 Å². The van der Waals surface area contributed by atoms with Crippen molar-refractivity contribution in [3.63, 3.8) is 0 Å². The standard InChI is InChI=1S/C28H30F3N7O3/c1-3-41-24-13-19(38-11-9-37(10-12-38)17(2)39)7-8-23(24)35-27-33-16-21(28(29,30)31)26(36-27)32-15-18-5-4-6-22-20(18)14-25(40)34-22/h4-8,13,16H,3,9-12,14-15H2,1-2H3,(H,34,40)(H2,32,33,35,36). The number of amides is 2. The Labute approximate surface area is 234 Å². The summed E-state index contributed by atoms with van der Waals surface area (Å²) >= 11 is 0. The number of anilines is 5. The lowest BCUT2D eigenvalue weighted by Crippen LogP contribution is -2.48. The highest BCUT2D eigenvalue weighted by molar-refractivity contribution is 5.99. The second-order valence-electron chi connectivity index (χ2n) is 9.71. The fourth-order valence-corrected chi connectivity index (χ4v) is 4.93. The summed E-state index contributed by atoms with van der Waals surface area (Å²) in [7, 11) is 0. The van der Waals surface area contributed by atoms with Gasteiger partial charge in [0.25, 0.3) is 0 Å². The van der Waals surface area contributed by atoms with Crippen molar-refractivity contribution in [2.45, 2.75) is 33.0 Å². The highest BCUT2D eigenvalue weighted by Crippen LogP contribution is 2.36. The number of benzene rings is 2. The third kappa shape index (κ3) is 6.28. The van der Waals surface area contributed by atoms with E-state index >= 15 is 0 Å². The van der Waals surface area contributed by atoms with Crippen LogP contribution >= 0.6 is 0 Å². The van der Waals surface area contributed by atoms with Crippen molar-refractivity contribution in [2.75, 3.05) is 53.6 Å². The Morgan fingerprint density at radius 3 is 2.63 bits per heavy atom. The van der Waals surface area contributed by atoms with Gasteiger partial charge >= 0.3 is 6.18 Å². The van der Waals surface area contributed by atoms with E-state index in [4.69, 9.17) is 4.74 Å². The van der Waals surface area contributed by atoms with Crippen molar-refractivity contribution >= 4 is 40.6 Å². The second kappa shape index (κ2) is 11.5. The van der Waals surface area contributed by atoms with Crippen LogP contribution in [0.3, 0.4) is 0 Å². The third-order valence-corrected chi connectivity index (χ3v) is 7.03. The van der Waals surface area contributed by atoms with Crippen LogP contribution in [0.1, 0.15) is 30.5 Å². The van der Waals surface area contributed by atoms with E-state index in [-0.39, 0.29) is 36.5 Å². The van der Waals surface area contributed by atoms with Crippen molar-refractivity contribution in [3.05, 3.63) is 59.3 Å². The average molecular weight is 570 g/mol. The number of nitrogens with one attached hydrogen (secondary N) is 3. The van der Waals surface area contributed by atoms with Crippen LogP contribution in [0, 0.1) is 0 Å². The molecule has 3 heterocycles. The normalized spacial score (nSPS) is 14.9. The number of halogens is 3. The van der Waals surface area contributed by atoms with E-state index in [0.717, 1.165) is 17.4 Å². The first kappa shape index (κ1) is 28.0. The van der Waals surface area contributed by atoms with Crippen LogP contribution in [0.25, 0.3) is 0 Å². The molecule has 0 saturated carbocycles. The Balaban J connectivity index is 1.37. The molecule has 1 aromatic heterocycles. The molecule has 0 spiro atoms. The summed E-state index contributed by atoms with van der Waals surface area (Å²) in [6.45, 7) is 6.37. The molecule has 1 saturated heterocycles. The van der Waals surface area contributed by atoms with Gasteiger partial charge < -0.3 is 30.5 Å². The second-order valence-corrected chi connectivity index (χ2v) is 9.71. The Kier molecular flexibility index (Phi) is 7.86. The molecular formula is C28H30F3N7O3. The van der Waals surface area contributed by atoms with Gasteiger partial charge in [0.2, 0.25) is 17.8 Å². The maximum atomic E-state index is 13.8. The minimum Gasteiger partial charge on any atom is -0.492 e. The summed E-state index contributed by atoms with van der Waals surface area (Å²) in [6.07, 6.45) is -3.78. The predicted octanol–water partition coefficient (Wildman–Crippen LogP) is 4.41. The number of carbonyl (C=O) groups is 2. The predicted molar refractivity (Wildman–Crippen MR) is 148 cm³/mol. The molecule has 0 unspecified atom stereocenters. The third-order valence-electron chi connectivity index (χ3n) is 7.03.